The molecule has 0 aliphatic carbocycles. The topological polar surface area (TPSA) is 89.5 Å². The Morgan fingerprint density at radius 3 is 2.56 bits per heavy atom. The Labute approximate surface area is 105 Å². The number of benzene rings is 1. The summed E-state index contributed by atoms with van der Waals surface area (Å²) in [6, 6.07) is 4.34. The van der Waals surface area contributed by atoms with E-state index in [1.165, 1.54) is 12.1 Å². The molecule has 1 aliphatic rings. The molecule has 0 bridgehead atoms. The summed E-state index contributed by atoms with van der Waals surface area (Å²) >= 11 is 0. The van der Waals surface area contributed by atoms with Crippen LogP contribution >= 0.6 is 0 Å². The van der Waals surface area contributed by atoms with Crippen LogP contribution in [0.4, 0.5) is 11.4 Å². The van der Waals surface area contributed by atoms with Gasteiger partial charge >= 0.3 is 0 Å². The SMILES string of the molecule is Nc1c(C(=O)N2CCCCC2)cccc1[N+](=O)[O-]. The van der Waals surface area contributed by atoms with Crippen molar-refractivity contribution in [1.29, 1.82) is 0 Å². The van der Waals surface area contributed by atoms with Gasteiger partial charge in [0, 0.05) is 19.2 Å². The van der Waals surface area contributed by atoms with E-state index in [1.54, 1.807) is 11.0 Å². The molecule has 1 fully saturated rings. The smallest absolute Gasteiger partial charge is 0.292 e. The molecule has 1 saturated heterocycles. The number of nitrogens with zero attached hydrogens (tertiary/aromatic N) is 2. The number of likely N-dealkylation sites (tertiary alicyclic amines) is 1. The third kappa shape index (κ3) is 2.27. The molecule has 0 atom stereocenters. The van der Waals surface area contributed by atoms with Crippen LogP contribution in [0.3, 0.4) is 0 Å². The van der Waals surface area contributed by atoms with E-state index in [1.807, 2.05) is 0 Å². The molecule has 1 aliphatic heterocycles. The Kier molecular flexibility index (Phi) is 3.45. The van der Waals surface area contributed by atoms with Crippen molar-refractivity contribution in [1.82, 2.24) is 4.90 Å². The summed E-state index contributed by atoms with van der Waals surface area (Å²) < 4.78 is 0. The summed E-state index contributed by atoms with van der Waals surface area (Å²) in [6.45, 7) is 1.39. The highest BCUT2D eigenvalue weighted by atomic mass is 16.6. The third-order valence-electron chi connectivity index (χ3n) is 3.15. The van der Waals surface area contributed by atoms with Crippen LogP contribution in [0.1, 0.15) is 29.6 Å². The summed E-state index contributed by atoms with van der Waals surface area (Å²) in [5.74, 6) is -0.212. The minimum absolute atomic E-state index is 0.0435. The van der Waals surface area contributed by atoms with E-state index in [0.29, 0.717) is 13.1 Å². The molecule has 1 amide bonds. The van der Waals surface area contributed by atoms with Gasteiger partial charge in [0.05, 0.1) is 10.5 Å². The summed E-state index contributed by atoms with van der Waals surface area (Å²) in [4.78, 5) is 24.1. The number of nitrogens with two attached hydrogens (primary N) is 1. The van der Waals surface area contributed by atoms with Crippen LogP contribution in [0.2, 0.25) is 0 Å². The van der Waals surface area contributed by atoms with Gasteiger partial charge in [0.15, 0.2) is 0 Å². The molecule has 0 spiro atoms. The van der Waals surface area contributed by atoms with Crippen LogP contribution < -0.4 is 5.73 Å². The lowest BCUT2D eigenvalue weighted by Crippen LogP contribution is -2.36. The number of piperidine rings is 1. The Morgan fingerprint density at radius 2 is 1.94 bits per heavy atom. The molecule has 1 aromatic rings. The summed E-state index contributed by atoms with van der Waals surface area (Å²) in [5, 5.41) is 10.8. The molecular formula is C12H15N3O3. The molecule has 1 heterocycles. The van der Waals surface area contributed by atoms with Gasteiger partial charge in [0.2, 0.25) is 0 Å². The minimum Gasteiger partial charge on any atom is -0.393 e. The summed E-state index contributed by atoms with van der Waals surface area (Å²) in [6.07, 6.45) is 3.06. The van der Waals surface area contributed by atoms with Gasteiger partial charge in [-0.3, -0.25) is 14.9 Å². The fourth-order valence-corrected chi connectivity index (χ4v) is 2.17. The number of nitro groups is 1. The second kappa shape index (κ2) is 5.03. The molecule has 0 unspecified atom stereocenters. The lowest BCUT2D eigenvalue weighted by Gasteiger charge is -2.27. The first-order valence-electron chi connectivity index (χ1n) is 5.93. The van der Waals surface area contributed by atoms with Gasteiger partial charge in [-0.25, -0.2) is 0 Å². The van der Waals surface area contributed by atoms with Gasteiger partial charge in [-0.05, 0) is 25.3 Å². The lowest BCUT2D eigenvalue weighted by atomic mass is 10.1. The number of para-hydroxylation sites is 1. The zero-order valence-corrected chi connectivity index (χ0v) is 9.96. The molecule has 1 aromatic carbocycles. The number of hydrogen-bond donors (Lipinski definition) is 1. The number of nitrogen functional groups attached to an aromatic ring is 1. The average molecular weight is 249 g/mol. The normalized spacial score (nSPS) is 15.4. The number of rotatable bonds is 2. The van der Waals surface area contributed by atoms with E-state index < -0.39 is 4.92 Å². The van der Waals surface area contributed by atoms with Gasteiger partial charge in [-0.2, -0.15) is 0 Å². The highest BCUT2D eigenvalue weighted by molar-refractivity contribution is 6.01. The van der Waals surface area contributed by atoms with Crippen molar-refractivity contribution < 1.29 is 9.72 Å². The van der Waals surface area contributed by atoms with Gasteiger partial charge in [0.25, 0.3) is 11.6 Å². The molecule has 96 valence electrons. The lowest BCUT2D eigenvalue weighted by molar-refractivity contribution is -0.383. The van der Waals surface area contributed by atoms with Gasteiger partial charge in [-0.1, -0.05) is 6.07 Å². The first-order chi connectivity index (χ1) is 8.61. The zero-order valence-electron chi connectivity index (χ0n) is 9.96. The number of hydrogen-bond acceptors (Lipinski definition) is 4. The largest absolute Gasteiger partial charge is 0.393 e. The number of anilines is 1. The maximum atomic E-state index is 12.2. The van der Waals surface area contributed by atoms with E-state index in [2.05, 4.69) is 0 Å². The Morgan fingerprint density at radius 1 is 1.28 bits per heavy atom. The van der Waals surface area contributed by atoms with Gasteiger partial charge in [-0.15, -0.1) is 0 Å². The van der Waals surface area contributed by atoms with E-state index in [-0.39, 0.29) is 22.8 Å². The van der Waals surface area contributed by atoms with Crippen LogP contribution in [0.25, 0.3) is 0 Å². The van der Waals surface area contributed by atoms with Gasteiger partial charge < -0.3 is 10.6 Å². The molecule has 0 saturated carbocycles. The van der Waals surface area contributed by atoms with Crippen molar-refractivity contribution in [3.8, 4) is 0 Å². The van der Waals surface area contributed by atoms with Crippen LogP contribution in [-0.4, -0.2) is 28.8 Å². The predicted molar refractivity (Wildman–Crippen MR) is 67.3 cm³/mol. The Balaban J connectivity index is 2.30. The quantitative estimate of drug-likeness (QED) is 0.491. The van der Waals surface area contributed by atoms with E-state index in [4.69, 9.17) is 5.73 Å². The number of carbonyl (C=O) groups excluding carboxylic acids is 1. The molecule has 6 nitrogen and oxygen atoms in total. The third-order valence-corrected chi connectivity index (χ3v) is 3.15. The van der Waals surface area contributed by atoms with Gasteiger partial charge in [0.1, 0.15) is 5.69 Å². The van der Waals surface area contributed by atoms with Crippen LogP contribution in [-0.2, 0) is 0 Å². The number of carbonyl (C=O) groups is 1. The van der Waals surface area contributed by atoms with E-state index in [9.17, 15) is 14.9 Å². The second-order valence-corrected chi connectivity index (χ2v) is 4.35. The summed E-state index contributed by atoms with van der Waals surface area (Å²) in [7, 11) is 0. The standard InChI is InChI=1S/C12H15N3O3/c13-11-9(5-4-6-10(11)15(17)18)12(16)14-7-2-1-3-8-14/h4-6H,1-3,7-8,13H2. The fourth-order valence-electron chi connectivity index (χ4n) is 2.17. The highest BCUT2D eigenvalue weighted by Crippen LogP contribution is 2.26. The molecule has 2 N–H and O–H groups in total. The van der Waals surface area contributed by atoms with Crippen molar-refractivity contribution in [3.63, 3.8) is 0 Å². The number of amides is 1. The van der Waals surface area contributed by atoms with Crippen molar-refractivity contribution >= 4 is 17.3 Å². The first kappa shape index (κ1) is 12.3. The van der Waals surface area contributed by atoms with Crippen molar-refractivity contribution in [3.05, 3.63) is 33.9 Å². The second-order valence-electron chi connectivity index (χ2n) is 4.35. The van der Waals surface area contributed by atoms with Crippen molar-refractivity contribution in [2.24, 2.45) is 0 Å². The molecule has 2 rings (SSSR count). The van der Waals surface area contributed by atoms with Crippen molar-refractivity contribution in [2.45, 2.75) is 19.3 Å². The number of nitro benzene ring substituents is 1. The maximum absolute atomic E-state index is 12.2. The zero-order chi connectivity index (χ0) is 13.1. The average Bonchev–Trinajstić information content (AvgIpc) is 2.39. The van der Waals surface area contributed by atoms with E-state index >= 15 is 0 Å². The highest BCUT2D eigenvalue weighted by Gasteiger charge is 2.23. The first-order valence-corrected chi connectivity index (χ1v) is 5.93. The fraction of sp³-hybridized carbons (Fsp3) is 0.417. The predicted octanol–water partition coefficient (Wildman–Crippen LogP) is 1.80. The maximum Gasteiger partial charge on any atom is 0.292 e. The van der Waals surface area contributed by atoms with Crippen molar-refractivity contribution in [2.75, 3.05) is 18.8 Å². The molecule has 6 heteroatoms. The van der Waals surface area contributed by atoms with Crippen LogP contribution in [0.5, 0.6) is 0 Å². The van der Waals surface area contributed by atoms with Crippen LogP contribution in [0.15, 0.2) is 18.2 Å². The Hall–Kier alpha value is -2.11. The molecule has 18 heavy (non-hydrogen) atoms. The molecular weight excluding hydrogens is 234 g/mol. The minimum atomic E-state index is -0.567. The van der Waals surface area contributed by atoms with Crippen LogP contribution in [0, 0.1) is 10.1 Å². The Bertz CT molecular complexity index is 481. The molecule has 0 radical (unpaired) electrons. The summed E-state index contributed by atoms with van der Waals surface area (Å²) in [5.41, 5.74) is 5.68. The van der Waals surface area contributed by atoms with E-state index in [0.717, 1.165) is 19.3 Å². The monoisotopic (exact) mass is 249 g/mol. The molecule has 0 aromatic heterocycles.